The minimum Gasteiger partial charge on any atom is -0.481 e. The van der Waals surface area contributed by atoms with E-state index in [0.717, 1.165) is 15.3 Å². The lowest BCUT2D eigenvalue weighted by molar-refractivity contribution is -0.136. The SMILES string of the molecule is [B]c1cc2c(=O)n(-c3ccc(CC(=O)O)cc3)c(=O)c3cc(Br)c4c5ccccc5oc1c4c23. The van der Waals surface area contributed by atoms with Crippen LogP contribution in [-0.2, 0) is 11.2 Å². The van der Waals surface area contributed by atoms with Crippen molar-refractivity contribution in [3.8, 4) is 5.69 Å². The van der Waals surface area contributed by atoms with Gasteiger partial charge in [0, 0.05) is 31.4 Å². The number of hydrogen-bond donors (Lipinski definition) is 1. The number of halogens is 1. The van der Waals surface area contributed by atoms with E-state index in [-0.39, 0.29) is 6.42 Å². The van der Waals surface area contributed by atoms with E-state index in [9.17, 15) is 14.4 Å². The molecule has 0 amide bonds. The average molecular weight is 510 g/mol. The topological polar surface area (TPSA) is 89.5 Å². The summed E-state index contributed by atoms with van der Waals surface area (Å²) in [6, 6.07) is 17.1. The number of pyridine rings is 1. The Hall–Kier alpha value is -3.91. The molecule has 4 aromatic carbocycles. The van der Waals surface area contributed by atoms with Gasteiger partial charge in [0.15, 0.2) is 0 Å². The molecule has 0 bridgehead atoms. The van der Waals surface area contributed by atoms with E-state index in [1.54, 1.807) is 36.4 Å². The van der Waals surface area contributed by atoms with Crippen LogP contribution in [0.3, 0.4) is 0 Å². The molecule has 0 aliphatic heterocycles. The van der Waals surface area contributed by atoms with E-state index in [1.807, 2.05) is 24.3 Å². The summed E-state index contributed by atoms with van der Waals surface area (Å²) in [6.45, 7) is 0. The van der Waals surface area contributed by atoms with Crippen molar-refractivity contribution in [1.29, 1.82) is 0 Å². The Morgan fingerprint density at radius 1 is 0.912 bits per heavy atom. The Balaban J connectivity index is 1.77. The molecular weight excluding hydrogens is 497 g/mol. The van der Waals surface area contributed by atoms with Gasteiger partial charge < -0.3 is 9.52 Å². The first-order valence-corrected chi connectivity index (χ1v) is 11.2. The predicted octanol–water partition coefficient (Wildman–Crippen LogP) is 4.02. The number of fused-ring (bicyclic) bond motifs is 2. The van der Waals surface area contributed by atoms with Gasteiger partial charge in [-0.1, -0.05) is 57.8 Å². The van der Waals surface area contributed by atoms with Gasteiger partial charge in [0.25, 0.3) is 11.1 Å². The highest BCUT2D eigenvalue weighted by Crippen LogP contribution is 2.40. The maximum atomic E-state index is 13.6. The fourth-order valence-corrected chi connectivity index (χ4v) is 5.32. The Kier molecular flexibility index (Phi) is 4.44. The number of hydrogen-bond acceptors (Lipinski definition) is 4. The van der Waals surface area contributed by atoms with Crippen LogP contribution in [-0.4, -0.2) is 23.5 Å². The summed E-state index contributed by atoms with van der Waals surface area (Å²) >= 11 is 3.62. The molecule has 1 N–H and O–H groups in total. The summed E-state index contributed by atoms with van der Waals surface area (Å²) < 4.78 is 7.88. The molecule has 0 aliphatic carbocycles. The molecule has 0 spiro atoms. The maximum absolute atomic E-state index is 13.6. The van der Waals surface area contributed by atoms with Crippen LogP contribution in [0.1, 0.15) is 5.56 Å². The number of benzene rings is 4. The van der Waals surface area contributed by atoms with Crippen molar-refractivity contribution in [2.24, 2.45) is 0 Å². The van der Waals surface area contributed by atoms with Crippen molar-refractivity contribution in [3.05, 3.63) is 91.4 Å². The highest BCUT2D eigenvalue weighted by atomic mass is 79.9. The molecule has 162 valence electrons. The van der Waals surface area contributed by atoms with Crippen molar-refractivity contribution in [1.82, 2.24) is 4.57 Å². The first-order chi connectivity index (χ1) is 16.3. The van der Waals surface area contributed by atoms with Crippen molar-refractivity contribution >= 4 is 78.7 Å². The molecule has 2 heterocycles. The molecule has 0 saturated heterocycles. The Morgan fingerprint density at radius 3 is 2.29 bits per heavy atom. The standard InChI is InChI=1S/C26H13BBrNO5/c27-17-10-15-21-16(11-18(28)22-14-3-1-2-4-19(14)34-24(17)23(21)22)26(33)29(25(15)32)13-7-5-12(6-8-13)9-20(30)31/h1-8,10-11H,9H2,(H,30,31). The summed E-state index contributed by atoms with van der Waals surface area (Å²) in [5.41, 5.74) is 1.28. The van der Waals surface area contributed by atoms with Gasteiger partial charge in [-0.2, -0.15) is 0 Å². The van der Waals surface area contributed by atoms with Crippen LogP contribution in [0.15, 0.2) is 79.1 Å². The molecule has 2 aromatic heterocycles. The normalized spacial score (nSPS) is 11.8. The van der Waals surface area contributed by atoms with Crippen LogP contribution in [0.5, 0.6) is 0 Å². The second-order valence-corrected chi connectivity index (χ2v) is 9.01. The number of carboxylic acid groups (broad SMARTS) is 1. The molecule has 0 atom stereocenters. The lowest BCUT2D eigenvalue weighted by Crippen LogP contribution is -2.32. The number of carboxylic acids is 1. The number of para-hydroxylation sites is 1. The van der Waals surface area contributed by atoms with Gasteiger partial charge in [0.2, 0.25) is 0 Å². The molecule has 2 radical (unpaired) electrons. The summed E-state index contributed by atoms with van der Waals surface area (Å²) in [5, 5.41) is 12.4. The molecular formula is C26H13BBrNO5. The van der Waals surface area contributed by atoms with E-state index in [1.165, 1.54) is 0 Å². The minimum atomic E-state index is -0.962. The third kappa shape index (κ3) is 2.85. The first-order valence-electron chi connectivity index (χ1n) is 10.4. The van der Waals surface area contributed by atoms with Crippen LogP contribution in [0, 0.1) is 0 Å². The van der Waals surface area contributed by atoms with E-state index in [0.29, 0.717) is 53.9 Å². The fraction of sp³-hybridized carbons (Fsp3) is 0.0385. The number of nitrogens with zero attached hydrogens (tertiary/aromatic N) is 1. The second kappa shape index (κ2) is 7.30. The molecule has 8 heteroatoms. The third-order valence-corrected chi connectivity index (χ3v) is 6.75. The van der Waals surface area contributed by atoms with Crippen molar-refractivity contribution in [2.45, 2.75) is 6.42 Å². The molecule has 0 unspecified atom stereocenters. The van der Waals surface area contributed by atoms with Gasteiger partial charge in [-0.05, 0) is 29.8 Å². The Labute approximate surface area is 200 Å². The van der Waals surface area contributed by atoms with Gasteiger partial charge in [-0.3, -0.25) is 14.4 Å². The smallest absolute Gasteiger partial charge is 0.307 e. The predicted molar refractivity (Wildman–Crippen MR) is 136 cm³/mol. The number of aromatic nitrogens is 1. The monoisotopic (exact) mass is 509 g/mol. The lowest BCUT2D eigenvalue weighted by Gasteiger charge is -2.17. The van der Waals surface area contributed by atoms with Crippen LogP contribution >= 0.6 is 15.9 Å². The van der Waals surface area contributed by atoms with E-state index in [2.05, 4.69) is 15.9 Å². The van der Waals surface area contributed by atoms with E-state index >= 15 is 0 Å². The summed E-state index contributed by atoms with van der Waals surface area (Å²) in [4.78, 5) is 38.2. The number of aliphatic carboxylic acids is 1. The number of rotatable bonds is 3. The molecule has 6 aromatic rings. The molecule has 0 fully saturated rings. The summed E-state index contributed by atoms with van der Waals surface area (Å²) in [5.74, 6) is -0.962. The Morgan fingerprint density at radius 2 is 1.59 bits per heavy atom. The summed E-state index contributed by atoms with van der Waals surface area (Å²) in [7, 11) is 6.35. The summed E-state index contributed by atoms with van der Waals surface area (Å²) in [6.07, 6.45) is -0.152. The van der Waals surface area contributed by atoms with Gasteiger partial charge in [0.05, 0.1) is 17.5 Å². The molecule has 6 rings (SSSR count). The molecule has 0 saturated carbocycles. The van der Waals surface area contributed by atoms with Crippen LogP contribution < -0.4 is 16.6 Å². The Bertz CT molecular complexity index is 1890. The molecule has 6 nitrogen and oxygen atoms in total. The average Bonchev–Trinajstić information content (AvgIpc) is 2.81. The van der Waals surface area contributed by atoms with Gasteiger partial charge in [0.1, 0.15) is 19.0 Å². The zero-order valence-electron chi connectivity index (χ0n) is 17.5. The molecule has 0 aliphatic rings. The maximum Gasteiger partial charge on any atom is 0.307 e. The van der Waals surface area contributed by atoms with E-state index < -0.39 is 17.1 Å². The van der Waals surface area contributed by atoms with Crippen molar-refractivity contribution in [2.75, 3.05) is 0 Å². The highest BCUT2D eigenvalue weighted by molar-refractivity contribution is 9.10. The van der Waals surface area contributed by atoms with Gasteiger partial charge in [-0.25, -0.2) is 4.57 Å². The van der Waals surface area contributed by atoms with Crippen molar-refractivity contribution in [3.63, 3.8) is 0 Å². The third-order valence-electron chi connectivity index (χ3n) is 6.12. The van der Waals surface area contributed by atoms with Crippen molar-refractivity contribution < 1.29 is 14.3 Å². The zero-order chi connectivity index (χ0) is 23.7. The van der Waals surface area contributed by atoms with Crippen LogP contribution in [0.4, 0.5) is 0 Å². The van der Waals surface area contributed by atoms with Gasteiger partial charge in [-0.15, -0.1) is 0 Å². The van der Waals surface area contributed by atoms with E-state index in [4.69, 9.17) is 17.4 Å². The quantitative estimate of drug-likeness (QED) is 0.221. The fourth-order valence-electron chi connectivity index (χ4n) is 4.68. The lowest BCUT2D eigenvalue weighted by atomic mass is 9.87. The van der Waals surface area contributed by atoms with Crippen LogP contribution in [0.25, 0.3) is 49.2 Å². The molecule has 34 heavy (non-hydrogen) atoms. The zero-order valence-corrected chi connectivity index (χ0v) is 19.0. The number of carbonyl (C=O) groups is 1. The second-order valence-electron chi connectivity index (χ2n) is 8.15. The largest absolute Gasteiger partial charge is 0.481 e. The highest BCUT2D eigenvalue weighted by Gasteiger charge is 2.22. The minimum absolute atomic E-state index is 0.152. The van der Waals surface area contributed by atoms with Gasteiger partial charge >= 0.3 is 5.97 Å². The first kappa shape index (κ1) is 20.7. The van der Waals surface area contributed by atoms with Crippen LogP contribution in [0.2, 0.25) is 0 Å².